The van der Waals surface area contributed by atoms with Crippen LogP contribution in [0.4, 0.5) is 11.4 Å². The normalized spacial score (nSPS) is 17.8. The van der Waals surface area contributed by atoms with Gasteiger partial charge in [-0.25, -0.2) is 0 Å². The quantitative estimate of drug-likeness (QED) is 0.178. The van der Waals surface area contributed by atoms with E-state index in [0.29, 0.717) is 0 Å². The molecule has 4 aliphatic rings. The molecule has 0 aromatic heterocycles. The van der Waals surface area contributed by atoms with Crippen LogP contribution < -0.4 is 9.80 Å². The number of ether oxygens (including phenoxy) is 2. The Balaban J connectivity index is 1.51. The second kappa shape index (κ2) is 12.2. The van der Waals surface area contributed by atoms with Crippen molar-refractivity contribution in [2.75, 3.05) is 62.4 Å². The molecule has 0 unspecified atom stereocenters. The van der Waals surface area contributed by atoms with Crippen LogP contribution in [0.25, 0.3) is 11.1 Å². The molecule has 0 saturated carbocycles. The van der Waals surface area contributed by atoms with Crippen molar-refractivity contribution < 1.29 is 9.47 Å². The number of para-hydroxylation sites is 2. The second-order valence-corrected chi connectivity index (χ2v) is 13.8. The van der Waals surface area contributed by atoms with Crippen molar-refractivity contribution in [3.63, 3.8) is 0 Å². The van der Waals surface area contributed by atoms with E-state index in [2.05, 4.69) is 129 Å². The number of hydrogen-bond acceptors (Lipinski definition) is 4. The van der Waals surface area contributed by atoms with E-state index in [9.17, 15) is 0 Å². The molecule has 8 rings (SSSR count). The standard InChI is InChI=1S/C43H46N2O2/c1-29-25-33-28-37-36(35(33)26-30(29)2)27-31(3)32(4)42(37)43(34-11-5-6-12-34,38-13-7-9-15-40(38)44-17-21-46-22-18-44)39-14-8-10-16-41(39)45-19-23-47-24-20-45/h5-16,25-27,34H,17-24,28H2,1-4H3. The molecule has 2 aliphatic carbocycles. The summed E-state index contributed by atoms with van der Waals surface area (Å²) in [7, 11) is 0. The summed E-state index contributed by atoms with van der Waals surface area (Å²) in [5.74, 6) is 0.128. The van der Waals surface area contributed by atoms with Crippen LogP contribution in [0.15, 0.2) is 91.0 Å². The number of nitrogens with zero attached hydrogens (tertiary/aromatic N) is 2. The third-order valence-electron chi connectivity index (χ3n) is 11.3. The van der Waals surface area contributed by atoms with E-state index in [1.54, 1.807) is 0 Å². The van der Waals surface area contributed by atoms with Gasteiger partial charge in [0.2, 0.25) is 0 Å². The first kappa shape index (κ1) is 30.2. The van der Waals surface area contributed by atoms with Crippen LogP contribution in [-0.4, -0.2) is 52.6 Å². The summed E-state index contributed by atoms with van der Waals surface area (Å²) in [6.07, 6.45) is 10.4. The molecule has 4 nitrogen and oxygen atoms in total. The van der Waals surface area contributed by atoms with Crippen molar-refractivity contribution in [2.24, 2.45) is 5.92 Å². The lowest BCUT2D eigenvalue weighted by atomic mass is 9.58. The monoisotopic (exact) mass is 622 g/mol. The van der Waals surface area contributed by atoms with E-state index in [4.69, 9.17) is 9.47 Å². The number of aryl methyl sites for hydroxylation is 3. The zero-order chi connectivity index (χ0) is 32.1. The van der Waals surface area contributed by atoms with Crippen LogP contribution in [-0.2, 0) is 21.3 Å². The minimum atomic E-state index is -0.486. The fourth-order valence-electron chi connectivity index (χ4n) is 8.83. The van der Waals surface area contributed by atoms with E-state index >= 15 is 0 Å². The molecular formula is C43H46N2O2. The van der Waals surface area contributed by atoms with Crippen molar-refractivity contribution in [1.82, 2.24) is 0 Å². The van der Waals surface area contributed by atoms with Crippen molar-refractivity contribution in [2.45, 2.75) is 39.5 Å². The van der Waals surface area contributed by atoms with Gasteiger partial charge in [-0.05, 0) is 107 Å². The molecule has 2 fully saturated rings. The summed E-state index contributed by atoms with van der Waals surface area (Å²) < 4.78 is 11.8. The highest BCUT2D eigenvalue weighted by atomic mass is 16.5. The van der Waals surface area contributed by atoms with Crippen molar-refractivity contribution >= 4 is 11.4 Å². The zero-order valence-corrected chi connectivity index (χ0v) is 28.3. The summed E-state index contributed by atoms with van der Waals surface area (Å²) >= 11 is 0. The van der Waals surface area contributed by atoms with Gasteiger partial charge in [0.1, 0.15) is 0 Å². The predicted molar refractivity (Wildman–Crippen MR) is 194 cm³/mol. The summed E-state index contributed by atoms with van der Waals surface area (Å²) in [4.78, 5) is 5.14. The Morgan fingerprint density at radius 2 is 1.13 bits per heavy atom. The SMILES string of the molecule is Cc1cc2c(cc1C)-c1cc(C)c(C)c(C(c3ccccc3N3CCOCC3)(c3ccccc3N3CCOCC3)C3C=CC=C3)c1C2. The van der Waals surface area contributed by atoms with E-state index in [0.717, 1.165) is 59.0 Å². The van der Waals surface area contributed by atoms with Gasteiger partial charge in [-0.3, -0.25) is 0 Å². The minimum absolute atomic E-state index is 0.128. The van der Waals surface area contributed by atoms with Gasteiger partial charge in [0.15, 0.2) is 0 Å². The first-order chi connectivity index (χ1) is 23.0. The fourth-order valence-corrected chi connectivity index (χ4v) is 8.83. The lowest BCUT2D eigenvalue weighted by molar-refractivity contribution is 0.122. The number of allylic oxidation sites excluding steroid dienone is 4. The molecule has 240 valence electrons. The molecule has 4 aromatic rings. The van der Waals surface area contributed by atoms with Gasteiger partial charge in [0.25, 0.3) is 0 Å². The van der Waals surface area contributed by atoms with E-state index in [1.165, 1.54) is 72.6 Å². The largest absolute Gasteiger partial charge is 0.378 e. The van der Waals surface area contributed by atoms with Crippen molar-refractivity contribution in [3.8, 4) is 11.1 Å². The Bertz CT molecular complexity index is 1820. The number of fused-ring (bicyclic) bond motifs is 3. The average molecular weight is 623 g/mol. The Hall–Kier alpha value is -4.12. The maximum atomic E-state index is 5.88. The second-order valence-electron chi connectivity index (χ2n) is 13.8. The van der Waals surface area contributed by atoms with Crippen molar-refractivity contribution in [1.29, 1.82) is 0 Å². The molecule has 0 atom stereocenters. The number of hydrogen-bond donors (Lipinski definition) is 0. The predicted octanol–water partition coefficient (Wildman–Crippen LogP) is 8.24. The fraction of sp³-hybridized carbons (Fsp3) is 0.349. The minimum Gasteiger partial charge on any atom is -0.378 e. The molecule has 0 bridgehead atoms. The highest BCUT2D eigenvalue weighted by Gasteiger charge is 2.49. The smallest absolute Gasteiger partial charge is 0.0642 e. The van der Waals surface area contributed by atoms with Crippen molar-refractivity contribution in [3.05, 3.63) is 141 Å². The van der Waals surface area contributed by atoms with Crippen LogP contribution in [0.1, 0.15) is 50.1 Å². The Kier molecular flexibility index (Phi) is 7.82. The first-order valence-corrected chi connectivity index (χ1v) is 17.4. The molecule has 2 aliphatic heterocycles. The molecule has 0 radical (unpaired) electrons. The maximum Gasteiger partial charge on any atom is 0.0642 e. The Morgan fingerprint density at radius 3 is 1.70 bits per heavy atom. The topological polar surface area (TPSA) is 24.9 Å². The van der Waals surface area contributed by atoms with Gasteiger partial charge in [0.05, 0.1) is 31.8 Å². The third kappa shape index (κ3) is 4.88. The van der Waals surface area contributed by atoms with Gasteiger partial charge in [0, 0.05) is 43.5 Å². The lowest BCUT2D eigenvalue weighted by Gasteiger charge is -2.47. The third-order valence-corrected chi connectivity index (χ3v) is 11.3. The summed E-state index contributed by atoms with van der Waals surface area (Å²) in [5.41, 5.74) is 17.6. The Labute approximate surface area is 280 Å². The van der Waals surface area contributed by atoms with Crippen LogP contribution >= 0.6 is 0 Å². The number of morpholine rings is 2. The van der Waals surface area contributed by atoms with Gasteiger partial charge in [-0.1, -0.05) is 78.9 Å². The molecule has 0 N–H and O–H groups in total. The lowest BCUT2D eigenvalue weighted by Crippen LogP contribution is -2.44. The molecule has 4 heteroatoms. The highest BCUT2D eigenvalue weighted by molar-refractivity contribution is 5.84. The van der Waals surface area contributed by atoms with Gasteiger partial charge < -0.3 is 19.3 Å². The van der Waals surface area contributed by atoms with E-state index in [-0.39, 0.29) is 5.92 Å². The molecule has 2 heterocycles. The van der Waals surface area contributed by atoms with E-state index < -0.39 is 5.41 Å². The Morgan fingerprint density at radius 1 is 0.617 bits per heavy atom. The van der Waals surface area contributed by atoms with Crippen LogP contribution in [0.5, 0.6) is 0 Å². The van der Waals surface area contributed by atoms with E-state index in [1.807, 2.05) is 0 Å². The summed E-state index contributed by atoms with van der Waals surface area (Å²) in [5, 5.41) is 0. The van der Waals surface area contributed by atoms with Gasteiger partial charge in [-0.2, -0.15) is 0 Å². The zero-order valence-electron chi connectivity index (χ0n) is 28.3. The molecule has 47 heavy (non-hydrogen) atoms. The average Bonchev–Trinajstić information content (AvgIpc) is 3.77. The molecule has 0 spiro atoms. The highest BCUT2D eigenvalue weighted by Crippen LogP contribution is 2.57. The van der Waals surface area contributed by atoms with Crippen LogP contribution in [0.3, 0.4) is 0 Å². The van der Waals surface area contributed by atoms with Gasteiger partial charge in [-0.15, -0.1) is 0 Å². The van der Waals surface area contributed by atoms with Crippen LogP contribution in [0.2, 0.25) is 0 Å². The first-order valence-electron chi connectivity index (χ1n) is 17.4. The summed E-state index contributed by atoms with van der Waals surface area (Å²) in [6.45, 7) is 15.8. The van der Waals surface area contributed by atoms with Crippen LogP contribution in [0, 0.1) is 33.6 Å². The number of rotatable bonds is 6. The number of benzene rings is 4. The molecule has 4 aromatic carbocycles. The summed E-state index contributed by atoms with van der Waals surface area (Å²) in [6, 6.07) is 25.9. The number of anilines is 2. The molecule has 2 saturated heterocycles. The maximum absolute atomic E-state index is 5.88. The molecular weight excluding hydrogens is 576 g/mol. The van der Waals surface area contributed by atoms with Gasteiger partial charge >= 0.3 is 0 Å². The molecule has 0 amide bonds.